The molecule has 1 aromatic rings. The number of nitriles is 1. The van der Waals surface area contributed by atoms with Gasteiger partial charge < -0.3 is 5.73 Å². The molecule has 0 saturated heterocycles. The van der Waals surface area contributed by atoms with Gasteiger partial charge in [-0.25, -0.2) is 0 Å². The van der Waals surface area contributed by atoms with Gasteiger partial charge in [0, 0.05) is 5.69 Å². The van der Waals surface area contributed by atoms with Crippen LogP contribution in [0.2, 0.25) is 0 Å². The van der Waals surface area contributed by atoms with Crippen LogP contribution in [0.25, 0.3) is 0 Å². The van der Waals surface area contributed by atoms with Crippen LogP contribution in [-0.2, 0) is 5.41 Å². The van der Waals surface area contributed by atoms with Crippen LogP contribution in [0.5, 0.6) is 0 Å². The van der Waals surface area contributed by atoms with E-state index in [-0.39, 0.29) is 5.41 Å². The molecule has 0 aromatic heterocycles. The molecule has 3 atom stereocenters. The molecular formula is C13H14N2. The minimum Gasteiger partial charge on any atom is -0.399 e. The second-order valence-corrected chi connectivity index (χ2v) is 4.75. The first-order chi connectivity index (χ1) is 7.29. The van der Waals surface area contributed by atoms with Crippen LogP contribution in [0.15, 0.2) is 24.3 Å². The summed E-state index contributed by atoms with van der Waals surface area (Å²) in [5.74, 6) is 1.23. The van der Waals surface area contributed by atoms with E-state index in [4.69, 9.17) is 5.73 Å². The number of nitrogens with zero attached hydrogens (tertiary/aromatic N) is 1. The molecule has 2 nitrogen and oxygen atoms in total. The van der Waals surface area contributed by atoms with E-state index in [1.807, 2.05) is 24.3 Å². The normalized spacial score (nSPS) is 37.0. The standard InChI is InChI=1S/C13H14N2/c14-8-13(11-2-1-3-12(11)13)9-4-6-10(15)7-5-9/h4-7,11-12H,1-3,15H2/t11-,12+,13-. The minimum atomic E-state index is -0.161. The third-order valence-corrected chi connectivity index (χ3v) is 4.15. The van der Waals surface area contributed by atoms with Gasteiger partial charge in [-0.2, -0.15) is 5.26 Å². The number of fused-ring (bicyclic) bond motifs is 1. The molecule has 3 rings (SSSR count). The lowest BCUT2D eigenvalue weighted by Crippen LogP contribution is -2.11. The van der Waals surface area contributed by atoms with Crippen molar-refractivity contribution >= 4 is 5.69 Å². The molecular weight excluding hydrogens is 184 g/mol. The van der Waals surface area contributed by atoms with Crippen molar-refractivity contribution in [1.29, 1.82) is 5.26 Å². The van der Waals surface area contributed by atoms with E-state index in [9.17, 15) is 5.26 Å². The van der Waals surface area contributed by atoms with E-state index >= 15 is 0 Å². The number of hydrogen-bond donors (Lipinski definition) is 1. The molecule has 0 spiro atoms. The van der Waals surface area contributed by atoms with Crippen LogP contribution in [0.3, 0.4) is 0 Å². The molecule has 0 amide bonds. The maximum atomic E-state index is 9.40. The molecule has 2 aliphatic carbocycles. The van der Waals surface area contributed by atoms with E-state index in [1.165, 1.54) is 24.8 Å². The van der Waals surface area contributed by atoms with Gasteiger partial charge in [-0.05, 0) is 42.4 Å². The van der Waals surface area contributed by atoms with Crippen molar-refractivity contribution in [1.82, 2.24) is 0 Å². The summed E-state index contributed by atoms with van der Waals surface area (Å²) in [4.78, 5) is 0. The zero-order valence-electron chi connectivity index (χ0n) is 8.61. The molecule has 0 radical (unpaired) electrons. The fourth-order valence-electron chi connectivity index (χ4n) is 3.37. The highest BCUT2D eigenvalue weighted by atomic mass is 14.7. The van der Waals surface area contributed by atoms with Crippen molar-refractivity contribution in [3.05, 3.63) is 29.8 Å². The van der Waals surface area contributed by atoms with Crippen molar-refractivity contribution in [3.63, 3.8) is 0 Å². The Morgan fingerprint density at radius 1 is 1.20 bits per heavy atom. The van der Waals surface area contributed by atoms with Crippen LogP contribution < -0.4 is 5.73 Å². The van der Waals surface area contributed by atoms with Crippen LogP contribution in [0.1, 0.15) is 24.8 Å². The minimum absolute atomic E-state index is 0.161. The van der Waals surface area contributed by atoms with E-state index in [0.29, 0.717) is 11.8 Å². The average Bonchev–Trinajstić information content (AvgIpc) is 2.65. The van der Waals surface area contributed by atoms with Gasteiger partial charge in [-0.3, -0.25) is 0 Å². The quantitative estimate of drug-likeness (QED) is 0.705. The molecule has 1 aromatic carbocycles. The summed E-state index contributed by atoms with van der Waals surface area (Å²) in [6.07, 6.45) is 3.75. The lowest BCUT2D eigenvalue weighted by Gasteiger charge is -2.12. The molecule has 76 valence electrons. The second-order valence-electron chi connectivity index (χ2n) is 4.75. The Hall–Kier alpha value is -1.49. The lowest BCUT2D eigenvalue weighted by atomic mass is 9.89. The summed E-state index contributed by atoms with van der Waals surface area (Å²) in [5.41, 5.74) is 7.45. The van der Waals surface area contributed by atoms with Gasteiger partial charge in [-0.1, -0.05) is 18.6 Å². The van der Waals surface area contributed by atoms with Crippen LogP contribution in [0.4, 0.5) is 5.69 Å². The highest BCUT2D eigenvalue weighted by molar-refractivity contribution is 5.49. The molecule has 2 saturated carbocycles. The molecule has 0 aliphatic heterocycles. The van der Waals surface area contributed by atoms with E-state index in [0.717, 1.165) is 5.69 Å². The third-order valence-electron chi connectivity index (χ3n) is 4.15. The first-order valence-corrected chi connectivity index (χ1v) is 5.56. The summed E-state index contributed by atoms with van der Waals surface area (Å²) >= 11 is 0. The zero-order valence-corrected chi connectivity index (χ0v) is 8.61. The Morgan fingerprint density at radius 3 is 2.33 bits per heavy atom. The fraction of sp³-hybridized carbons (Fsp3) is 0.462. The Kier molecular flexibility index (Phi) is 1.62. The summed E-state index contributed by atoms with van der Waals surface area (Å²) in [6, 6.07) is 10.4. The van der Waals surface area contributed by atoms with E-state index in [2.05, 4.69) is 6.07 Å². The smallest absolute Gasteiger partial charge is 0.0885 e. The summed E-state index contributed by atoms with van der Waals surface area (Å²) in [6.45, 7) is 0. The molecule has 0 unspecified atom stereocenters. The van der Waals surface area contributed by atoms with Crippen LogP contribution >= 0.6 is 0 Å². The maximum absolute atomic E-state index is 9.40. The number of hydrogen-bond acceptors (Lipinski definition) is 2. The van der Waals surface area contributed by atoms with Gasteiger partial charge >= 0.3 is 0 Å². The van der Waals surface area contributed by atoms with Crippen molar-refractivity contribution in [2.45, 2.75) is 24.7 Å². The molecule has 0 heterocycles. The van der Waals surface area contributed by atoms with Gasteiger partial charge in [0.05, 0.1) is 11.5 Å². The SMILES string of the molecule is N#C[C@@]1(c2ccc(N)cc2)[C@@H]2CCC[C@@H]21. The third kappa shape index (κ3) is 0.982. The summed E-state index contributed by atoms with van der Waals surface area (Å²) < 4.78 is 0. The molecule has 2 aliphatic rings. The molecule has 2 N–H and O–H groups in total. The Labute approximate surface area is 89.7 Å². The highest BCUT2D eigenvalue weighted by Crippen LogP contribution is 2.67. The Bertz CT molecular complexity index is 417. The summed E-state index contributed by atoms with van der Waals surface area (Å²) in [7, 11) is 0. The fourth-order valence-corrected chi connectivity index (χ4v) is 3.37. The van der Waals surface area contributed by atoms with Gasteiger partial charge in [0.1, 0.15) is 0 Å². The molecule has 0 bridgehead atoms. The first kappa shape index (κ1) is 8.79. The number of nitrogens with two attached hydrogens (primary N) is 1. The monoisotopic (exact) mass is 198 g/mol. The van der Waals surface area contributed by atoms with Crippen molar-refractivity contribution < 1.29 is 0 Å². The highest BCUT2D eigenvalue weighted by Gasteiger charge is 2.67. The van der Waals surface area contributed by atoms with Gasteiger partial charge in [-0.15, -0.1) is 0 Å². The van der Waals surface area contributed by atoms with Crippen LogP contribution in [-0.4, -0.2) is 0 Å². The zero-order chi connectivity index (χ0) is 10.5. The molecule has 2 heteroatoms. The first-order valence-electron chi connectivity index (χ1n) is 5.56. The lowest BCUT2D eigenvalue weighted by molar-refractivity contribution is 0.605. The number of rotatable bonds is 1. The second kappa shape index (κ2) is 2.76. The Balaban J connectivity index is 2.00. The number of nitrogen functional groups attached to an aromatic ring is 1. The topological polar surface area (TPSA) is 49.8 Å². The molecule has 2 fully saturated rings. The largest absolute Gasteiger partial charge is 0.399 e. The van der Waals surface area contributed by atoms with E-state index < -0.39 is 0 Å². The summed E-state index contributed by atoms with van der Waals surface area (Å²) in [5, 5.41) is 9.40. The Morgan fingerprint density at radius 2 is 1.80 bits per heavy atom. The predicted molar refractivity (Wildman–Crippen MR) is 59.0 cm³/mol. The van der Waals surface area contributed by atoms with Gasteiger partial charge in [0.15, 0.2) is 0 Å². The van der Waals surface area contributed by atoms with Crippen LogP contribution in [0, 0.1) is 23.2 Å². The van der Waals surface area contributed by atoms with Crippen molar-refractivity contribution in [2.75, 3.05) is 5.73 Å². The predicted octanol–water partition coefficient (Wildman–Crippen LogP) is 2.46. The average molecular weight is 198 g/mol. The van der Waals surface area contributed by atoms with Gasteiger partial charge in [0.2, 0.25) is 0 Å². The van der Waals surface area contributed by atoms with Crippen molar-refractivity contribution in [2.24, 2.45) is 11.8 Å². The van der Waals surface area contributed by atoms with E-state index in [1.54, 1.807) is 0 Å². The number of benzene rings is 1. The van der Waals surface area contributed by atoms with Gasteiger partial charge in [0.25, 0.3) is 0 Å². The molecule has 15 heavy (non-hydrogen) atoms. The maximum Gasteiger partial charge on any atom is 0.0885 e. The number of anilines is 1. The van der Waals surface area contributed by atoms with Crippen molar-refractivity contribution in [3.8, 4) is 6.07 Å².